The third kappa shape index (κ3) is 5.01. The highest BCUT2D eigenvalue weighted by Crippen LogP contribution is 2.26. The van der Waals surface area contributed by atoms with Crippen molar-refractivity contribution < 1.29 is 19.0 Å². The Morgan fingerprint density at radius 1 is 1.12 bits per heavy atom. The van der Waals surface area contributed by atoms with Crippen LogP contribution in [-0.4, -0.2) is 32.9 Å². The molecular weight excluding hydrogens is 308 g/mol. The van der Waals surface area contributed by atoms with Gasteiger partial charge in [-0.15, -0.1) is 0 Å². The third-order valence-corrected chi connectivity index (χ3v) is 3.17. The maximum Gasteiger partial charge on any atom is 0.277 e. The summed E-state index contributed by atoms with van der Waals surface area (Å²) in [5.41, 5.74) is 4.26. The van der Waals surface area contributed by atoms with Gasteiger partial charge < -0.3 is 14.2 Å². The highest BCUT2D eigenvalue weighted by molar-refractivity contribution is 5.83. The summed E-state index contributed by atoms with van der Waals surface area (Å²) in [4.78, 5) is 11.7. The minimum atomic E-state index is -0.340. The molecule has 6 heteroatoms. The molecule has 0 atom stereocenters. The largest absolute Gasteiger partial charge is 0.493 e. The fourth-order valence-electron chi connectivity index (χ4n) is 2.00. The van der Waals surface area contributed by atoms with Gasteiger partial charge in [-0.1, -0.05) is 12.1 Å². The van der Waals surface area contributed by atoms with Crippen molar-refractivity contribution in [3.05, 3.63) is 53.6 Å². The molecule has 0 saturated carbocycles. The van der Waals surface area contributed by atoms with Gasteiger partial charge in [0.1, 0.15) is 5.75 Å². The van der Waals surface area contributed by atoms with Crippen LogP contribution in [0, 0.1) is 6.92 Å². The van der Waals surface area contributed by atoms with Crippen LogP contribution in [0.4, 0.5) is 0 Å². The predicted molar refractivity (Wildman–Crippen MR) is 92.0 cm³/mol. The molecule has 0 fully saturated rings. The molecule has 0 aromatic heterocycles. The smallest absolute Gasteiger partial charge is 0.277 e. The Bertz CT molecular complexity index is 729. The summed E-state index contributed by atoms with van der Waals surface area (Å²) >= 11 is 0. The van der Waals surface area contributed by atoms with Gasteiger partial charge in [0.2, 0.25) is 0 Å². The molecule has 0 unspecified atom stereocenters. The number of amides is 1. The first-order chi connectivity index (χ1) is 11.6. The number of methoxy groups -OCH3 is 2. The van der Waals surface area contributed by atoms with Crippen molar-refractivity contribution in [3.63, 3.8) is 0 Å². The summed E-state index contributed by atoms with van der Waals surface area (Å²) in [5, 5.41) is 3.90. The fraction of sp³-hybridized carbons (Fsp3) is 0.222. The second-order valence-corrected chi connectivity index (χ2v) is 5.01. The number of nitrogens with one attached hydrogen (secondary N) is 1. The Morgan fingerprint density at radius 2 is 1.92 bits per heavy atom. The van der Waals surface area contributed by atoms with E-state index in [-0.39, 0.29) is 12.5 Å². The van der Waals surface area contributed by atoms with Gasteiger partial charge in [0.15, 0.2) is 18.1 Å². The van der Waals surface area contributed by atoms with Gasteiger partial charge in [0, 0.05) is 0 Å². The van der Waals surface area contributed by atoms with Crippen LogP contribution < -0.4 is 19.6 Å². The molecule has 0 heterocycles. The Kier molecular flexibility index (Phi) is 6.19. The standard InChI is InChI=1S/C18H20N2O4/c1-13-5-4-6-15(9-13)24-12-18(21)20-19-11-14-7-8-16(22-2)17(10-14)23-3/h4-11H,12H2,1-3H3,(H,20,21)/b19-11-. The zero-order chi connectivity index (χ0) is 17.4. The minimum absolute atomic E-state index is 0.104. The molecule has 0 spiro atoms. The third-order valence-electron chi connectivity index (χ3n) is 3.17. The number of ether oxygens (including phenoxy) is 3. The lowest BCUT2D eigenvalue weighted by Crippen LogP contribution is -2.24. The molecule has 0 aliphatic carbocycles. The van der Waals surface area contributed by atoms with E-state index in [9.17, 15) is 4.79 Å². The van der Waals surface area contributed by atoms with Crippen molar-refractivity contribution in [2.75, 3.05) is 20.8 Å². The van der Waals surface area contributed by atoms with Crippen molar-refractivity contribution in [2.24, 2.45) is 5.10 Å². The number of carbonyl (C=O) groups excluding carboxylic acids is 1. The average Bonchev–Trinajstić information content (AvgIpc) is 2.60. The number of hydrazone groups is 1. The van der Waals surface area contributed by atoms with Gasteiger partial charge in [0.25, 0.3) is 5.91 Å². The van der Waals surface area contributed by atoms with Crippen LogP contribution in [0.3, 0.4) is 0 Å². The van der Waals surface area contributed by atoms with E-state index in [2.05, 4.69) is 10.5 Å². The molecule has 1 N–H and O–H groups in total. The maximum atomic E-state index is 11.7. The molecule has 1 amide bonds. The monoisotopic (exact) mass is 328 g/mol. The first kappa shape index (κ1) is 17.3. The summed E-state index contributed by atoms with van der Waals surface area (Å²) < 4.78 is 15.8. The summed E-state index contributed by atoms with van der Waals surface area (Å²) in [7, 11) is 3.13. The Balaban J connectivity index is 1.86. The van der Waals surface area contributed by atoms with Gasteiger partial charge in [0.05, 0.1) is 20.4 Å². The van der Waals surface area contributed by atoms with Crippen LogP contribution in [-0.2, 0) is 4.79 Å². The Hall–Kier alpha value is -3.02. The Morgan fingerprint density at radius 3 is 2.62 bits per heavy atom. The van der Waals surface area contributed by atoms with Crippen LogP contribution >= 0.6 is 0 Å². The lowest BCUT2D eigenvalue weighted by atomic mass is 10.2. The number of hydrogen-bond acceptors (Lipinski definition) is 5. The highest BCUT2D eigenvalue weighted by Gasteiger charge is 2.04. The van der Waals surface area contributed by atoms with Crippen molar-refractivity contribution in [1.29, 1.82) is 0 Å². The first-order valence-corrected chi connectivity index (χ1v) is 7.36. The van der Waals surface area contributed by atoms with E-state index in [1.165, 1.54) is 6.21 Å². The maximum absolute atomic E-state index is 11.7. The molecule has 126 valence electrons. The predicted octanol–water partition coefficient (Wildman–Crippen LogP) is 2.54. The summed E-state index contributed by atoms with van der Waals surface area (Å²) in [6.07, 6.45) is 1.52. The topological polar surface area (TPSA) is 69.2 Å². The molecule has 6 nitrogen and oxygen atoms in total. The summed E-state index contributed by atoms with van der Waals surface area (Å²) in [5.74, 6) is 1.53. The molecule has 0 aliphatic heterocycles. The zero-order valence-electron chi connectivity index (χ0n) is 13.9. The molecule has 0 aliphatic rings. The molecule has 0 radical (unpaired) electrons. The van der Waals surface area contributed by atoms with Crippen LogP contribution in [0.5, 0.6) is 17.2 Å². The van der Waals surface area contributed by atoms with E-state index in [4.69, 9.17) is 14.2 Å². The zero-order valence-corrected chi connectivity index (χ0v) is 13.9. The number of hydrogen-bond donors (Lipinski definition) is 1. The fourth-order valence-corrected chi connectivity index (χ4v) is 2.00. The second kappa shape index (κ2) is 8.57. The van der Waals surface area contributed by atoms with E-state index in [1.807, 2.05) is 25.1 Å². The average molecular weight is 328 g/mol. The molecule has 2 rings (SSSR count). The normalized spacial score (nSPS) is 10.5. The van der Waals surface area contributed by atoms with Gasteiger partial charge >= 0.3 is 0 Å². The van der Waals surface area contributed by atoms with E-state index >= 15 is 0 Å². The SMILES string of the molecule is COc1ccc(/C=N\NC(=O)COc2cccc(C)c2)cc1OC. The van der Waals surface area contributed by atoms with E-state index in [0.717, 1.165) is 11.1 Å². The van der Waals surface area contributed by atoms with Crippen LogP contribution in [0.1, 0.15) is 11.1 Å². The number of benzene rings is 2. The first-order valence-electron chi connectivity index (χ1n) is 7.36. The van der Waals surface area contributed by atoms with Crippen molar-refractivity contribution in [1.82, 2.24) is 5.43 Å². The molecular formula is C18H20N2O4. The van der Waals surface area contributed by atoms with E-state index in [0.29, 0.717) is 17.2 Å². The lowest BCUT2D eigenvalue weighted by molar-refractivity contribution is -0.123. The quantitative estimate of drug-likeness (QED) is 0.626. The summed E-state index contributed by atoms with van der Waals surface area (Å²) in [6.45, 7) is 1.85. The van der Waals surface area contributed by atoms with Crippen LogP contribution in [0.2, 0.25) is 0 Å². The van der Waals surface area contributed by atoms with Gasteiger partial charge in [-0.3, -0.25) is 4.79 Å². The number of nitrogens with zero attached hydrogens (tertiary/aromatic N) is 1. The van der Waals surface area contributed by atoms with Crippen molar-refractivity contribution in [2.45, 2.75) is 6.92 Å². The second-order valence-electron chi connectivity index (χ2n) is 5.01. The van der Waals surface area contributed by atoms with Gasteiger partial charge in [-0.2, -0.15) is 5.10 Å². The summed E-state index contributed by atoms with van der Waals surface area (Å²) in [6, 6.07) is 12.8. The van der Waals surface area contributed by atoms with Crippen LogP contribution in [0.15, 0.2) is 47.6 Å². The lowest BCUT2D eigenvalue weighted by Gasteiger charge is -2.07. The molecule has 24 heavy (non-hydrogen) atoms. The number of carbonyl (C=O) groups is 1. The van der Waals surface area contributed by atoms with Crippen molar-refractivity contribution in [3.8, 4) is 17.2 Å². The molecule has 0 saturated heterocycles. The van der Waals surface area contributed by atoms with E-state index < -0.39 is 0 Å². The molecule has 0 bridgehead atoms. The Labute approximate surface area is 141 Å². The van der Waals surface area contributed by atoms with Crippen molar-refractivity contribution >= 4 is 12.1 Å². The molecule has 2 aromatic rings. The number of rotatable bonds is 7. The van der Waals surface area contributed by atoms with Crippen LogP contribution in [0.25, 0.3) is 0 Å². The number of aryl methyl sites for hydroxylation is 1. The van der Waals surface area contributed by atoms with Gasteiger partial charge in [-0.05, 0) is 48.4 Å². The minimum Gasteiger partial charge on any atom is -0.493 e. The van der Waals surface area contributed by atoms with E-state index in [1.54, 1.807) is 38.5 Å². The highest BCUT2D eigenvalue weighted by atomic mass is 16.5. The molecule has 2 aromatic carbocycles. The van der Waals surface area contributed by atoms with Gasteiger partial charge in [-0.25, -0.2) is 5.43 Å².